The van der Waals surface area contributed by atoms with Crippen molar-refractivity contribution in [1.82, 2.24) is 14.8 Å². The number of anilines is 1. The van der Waals surface area contributed by atoms with E-state index in [9.17, 15) is 4.79 Å². The highest BCUT2D eigenvalue weighted by Gasteiger charge is 2.39. The Hall–Kier alpha value is -2.61. The molecule has 0 N–H and O–H groups in total. The van der Waals surface area contributed by atoms with Crippen LogP contribution in [-0.4, -0.2) is 58.7 Å². The van der Waals surface area contributed by atoms with Crippen LogP contribution in [0.25, 0.3) is 11.3 Å². The van der Waals surface area contributed by atoms with Crippen LogP contribution in [0.15, 0.2) is 18.3 Å². The number of hydrogen-bond acceptors (Lipinski definition) is 7. The Morgan fingerprint density at radius 1 is 1.39 bits per heavy atom. The van der Waals surface area contributed by atoms with Gasteiger partial charge in [-0.1, -0.05) is 0 Å². The molecule has 0 amide bonds. The Bertz CT molecular complexity index is 894. The molecule has 0 radical (unpaired) electrons. The first-order valence-electron chi connectivity index (χ1n) is 9.93. The summed E-state index contributed by atoms with van der Waals surface area (Å²) in [6, 6.07) is 4.37. The topological polar surface area (TPSA) is 78.7 Å². The molecule has 2 saturated heterocycles. The normalized spacial score (nSPS) is 25.5. The number of morpholine rings is 1. The number of hydrogen-bond donors (Lipinski definition) is 0. The van der Waals surface area contributed by atoms with Gasteiger partial charge in [-0.15, -0.1) is 0 Å². The van der Waals surface area contributed by atoms with E-state index < -0.39 is 5.97 Å². The molecular weight excluding hydrogens is 360 g/mol. The highest BCUT2D eigenvalue weighted by molar-refractivity contribution is 5.98. The molecule has 3 aliphatic rings. The number of aromatic nitrogens is 3. The summed E-state index contributed by atoms with van der Waals surface area (Å²) in [6.45, 7) is 6.45. The van der Waals surface area contributed by atoms with Gasteiger partial charge >= 0.3 is 5.97 Å². The van der Waals surface area contributed by atoms with Crippen LogP contribution in [0.5, 0.6) is 5.88 Å². The van der Waals surface area contributed by atoms with E-state index in [1.54, 1.807) is 17.8 Å². The van der Waals surface area contributed by atoms with Gasteiger partial charge in [0.2, 0.25) is 5.88 Å². The van der Waals surface area contributed by atoms with Gasteiger partial charge in [0.05, 0.1) is 31.5 Å². The number of esters is 1. The van der Waals surface area contributed by atoms with Gasteiger partial charge in [-0.2, -0.15) is 5.10 Å². The van der Waals surface area contributed by atoms with Crippen molar-refractivity contribution in [1.29, 1.82) is 0 Å². The second-order valence-corrected chi connectivity index (χ2v) is 7.59. The lowest BCUT2D eigenvalue weighted by atomic mass is 10.1. The molecule has 0 aliphatic carbocycles. The molecule has 28 heavy (non-hydrogen) atoms. The van der Waals surface area contributed by atoms with E-state index in [1.807, 2.05) is 19.1 Å². The SMILES string of the molecule is CCOC(=O)c1c(-c2ccc(N3C[C@H]4C[C@@H]3CO4)nc2)nn2c1O[C@H](C)CC2. The second kappa shape index (κ2) is 6.77. The largest absolute Gasteiger partial charge is 0.474 e. The fourth-order valence-electron chi connectivity index (χ4n) is 4.24. The van der Waals surface area contributed by atoms with E-state index >= 15 is 0 Å². The monoisotopic (exact) mass is 384 g/mol. The van der Waals surface area contributed by atoms with E-state index in [0.29, 0.717) is 42.4 Å². The Morgan fingerprint density at radius 3 is 2.96 bits per heavy atom. The van der Waals surface area contributed by atoms with Gasteiger partial charge in [-0.25, -0.2) is 14.5 Å². The minimum atomic E-state index is -0.411. The van der Waals surface area contributed by atoms with Crippen molar-refractivity contribution in [3.63, 3.8) is 0 Å². The van der Waals surface area contributed by atoms with E-state index in [2.05, 4.69) is 15.0 Å². The van der Waals surface area contributed by atoms with Crippen LogP contribution < -0.4 is 9.64 Å². The third-order valence-corrected chi connectivity index (χ3v) is 5.66. The molecule has 2 fully saturated rings. The molecule has 148 valence electrons. The summed E-state index contributed by atoms with van der Waals surface area (Å²) >= 11 is 0. The molecule has 0 unspecified atom stereocenters. The molecule has 0 spiro atoms. The third-order valence-electron chi connectivity index (χ3n) is 5.66. The number of rotatable bonds is 4. The van der Waals surface area contributed by atoms with Crippen LogP contribution >= 0.6 is 0 Å². The number of aryl methyl sites for hydroxylation is 1. The first-order chi connectivity index (χ1) is 13.6. The molecule has 0 aromatic carbocycles. The van der Waals surface area contributed by atoms with Gasteiger partial charge in [0, 0.05) is 31.3 Å². The van der Waals surface area contributed by atoms with Crippen molar-refractivity contribution >= 4 is 11.8 Å². The second-order valence-electron chi connectivity index (χ2n) is 7.59. The van der Waals surface area contributed by atoms with Gasteiger partial charge in [-0.3, -0.25) is 0 Å². The third kappa shape index (κ3) is 2.83. The zero-order chi connectivity index (χ0) is 19.3. The van der Waals surface area contributed by atoms with E-state index in [1.165, 1.54) is 0 Å². The lowest BCUT2D eigenvalue weighted by Crippen LogP contribution is -2.37. The van der Waals surface area contributed by atoms with Gasteiger partial charge in [0.1, 0.15) is 17.1 Å². The molecule has 2 aromatic rings. The Kier molecular flexibility index (Phi) is 4.23. The van der Waals surface area contributed by atoms with E-state index in [-0.39, 0.29) is 6.10 Å². The van der Waals surface area contributed by atoms with Gasteiger partial charge in [-0.05, 0) is 32.4 Å². The summed E-state index contributed by atoms with van der Waals surface area (Å²) in [5, 5.41) is 4.64. The van der Waals surface area contributed by atoms with Crippen LogP contribution in [0.4, 0.5) is 5.82 Å². The number of ether oxygens (including phenoxy) is 3. The fraction of sp³-hybridized carbons (Fsp3) is 0.550. The minimum absolute atomic E-state index is 0.0403. The van der Waals surface area contributed by atoms with Crippen molar-refractivity contribution in [2.75, 3.05) is 24.7 Å². The predicted octanol–water partition coefficient (Wildman–Crippen LogP) is 2.27. The first kappa shape index (κ1) is 17.5. The van der Waals surface area contributed by atoms with E-state index in [4.69, 9.17) is 14.2 Å². The molecule has 3 aliphatic heterocycles. The lowest BCUT2D eigenvalue weighted by Gasteiger charge is -2.27. The Balaban J connectivity index is 1.49. The Labute approximate surface area is 163 Å². The highest BCUT2D eigenvalue weighted by Crippen LogP contribution is 2.36. The molecule has 0 saturated carbocycles. The molecule has 2 aromatic heterocycles. The first-order valence-corrected chi connectivity index (χ1v) is 9.93. The lowest BCUT2D eigenvalue weighted by molar-refractivity contribution is 0.0515. The molecule has 3 atom stereocenters. The zero-order valence-corrected chi connectivity index (χ0v) is 16.1. The molecule has 5 heterocycles. The van der Waals surface area contributed by atoms with Crippen LogP contribution in [0.3, 0.4) is 0 Å². The van der Waals surface area contributed by atoms with Gasteiger partial charge < -0.3 is 19.1 Å². The summed E-state index contributed by atoms with van der Waals surface area (Å²) in [6.07, 6.45) is 4.06. The maximum atomic E-state index is 12.6. The molecule has 8 heteroatoms. The van der Waals surface area contributed by atoms with Crippen LogP contribution in [0.1, 0.15) is 37.0 Å². The fourth-order valence-corrected chi connectivity index (χ4v) is 4.24. The Morgan fingerprint density at radius 2 is 2.29 bits per heavy atom. The highest BCUT2D eigenvalue weighted by atomic mass is 16.5. The average molecular weight is 384 g/mol. The summed E-state index contributed by atoms with van der Waals surface area (Å²) in [4.78, 5) is 19.6. The predicted molar refractivity (Wildman–Crippen MR) is 102 cm³/mol. The summed E-state index contributed by atoms with van der Waals surface area (Å²) in [5.41, 5.74) is 1.73. The number of carbonyl (C=O) groups is 1. The van der Waals surface area contributed by atoms with Gasteiger partial charge in [0.15, 0.2) is 0 Å². The summed E-state index contributed by atoms with van der Waals surface area (Å²) in [7, 11) is 0. The molecule has 8 nitrogen and oxygen atoms in total. The molecule has 5 rings (SSSR count). The maximum absolute atomic E-state index is 12.6. The van der Waals surface area contributed by atoms with Crippen LogP contribution in [-0.2, 0) is 16.0 Å². The van der Waals surface area contributed by atoms with Crippen molar-refractivity contribution in [3.05, 3.63) is 23.9 Å². The quantitative estimate of drug-likeness (QED) is 0.748. The number of carbonyl (C=O) groups excluding carboxylic acids is 1. The number of nitrogens with zero attached hydrogens (tertiary/aromatic N) is 4. The number of fused-ring (bicyclic) bond motifs is 3. The van der Waals surface area contributed by atoms with Gasteiger partial charge in [0.25, 0.3) is 0 Å². The molecular formula is C20H24N4O4. The smallest absolute Gasteiger partial charge is 0.345 e. The standard InChI is InChI=1S/C20H24N4O4/c1-3-26-20(25)17-18(22-24-7-6-12(2)28-19(17)24)13-4-5-16(21-9-13)23-10-15-8-14(23)11-27-15/h4-5,9,12,14-15H,3,6-8,10-11H2,1-2H3/t12-,14-,15-/m1/s1. The van der Waals surface area contributed by atoms with Crippen molar-refractivity contribution < 1.29 is 19.0 Å². The van der Waals surface area contributed by atoms with Crippen molar-refractivity contribution in [2.45, 2.75) is 51.5 Å². The van der Waals surface area contributed by atoms with Crippen molar-refractivity contribution in [2.24, 2.45) is 0 Å². The maximum Gasteiger partial charge on any atom is 0.345 e. The average Bonchev–Trinajstić information content (AvgIpc) is 3.42. The summed E-state index contributed by atoms with van der Waals surface area (Å²) < 4.78 is 18.6. The molecule has 2 bridgehead atoms. The van der Waals surface area contributed by atoms with Crippen LogP contribution in [0, 0.1) is 0 Å². The summed E-state index contributed by atoms with van der Waals surface area (Å²) in [5.74, 6) is 1.02. The van der Waals surface area contributed by atoms with Crippen LogP contribution in [0.2, 0.25) is 0 Å². The minimum Gasteiger partial charge on any atom is -0.474 e. The zero-order valence-electron chi connectivity index (χ0n) is 16.1. The number of pyridine rings is 1. The van der Waals surface area contributed by atoms with E-state index in [0.717, 1.165) is 37.4 Å². The van der Waals surface area contributed by atoms with Crippen molar-refractivity contribution in [3.8, 4) is 17.1 Å².